The number of benzene rings is 2. The van der Waals surface area contributed by atoms with Gasteiger partial charge in [0.1, 0.15) is 5.75 Å². The molecule has 0 fully saturated rings. The standard InChI is InChI=1S/C20H19Cl2N3O3/c1-3-16(27-17-11-7-6-10-15(17)22)20(26)25(2)12-18-23-19(24-28-18)13-8-4-5-9-14(13)21/h4-11,16H,3,12H2,1-2H3. The van der Waals surface area contributed by atoms with Gasteiger partial charge in [-0.25, -0.2) is 0 Å². The topological polar surface area (TPSA) is 68.5 Å². The van der Waals surface area contributed by atoms with Crippen LogP contribution < -0.4 is 4.74 Å². The Kier molecular flexibility index (Phi) is 6.54. The van der Waals surface area contributed by atoms with Crippen molar-refractivity contribution >= 4 is 29.1 Å². The van der Waals surface area contributed by atoms with Crippen molar-refractivity contribution in [1.82, 2.24) is 15.0 Å². The second kappa shape index (κ2) is 9.08. The first-order valence-electron chi connectivity index (χ1n) is 8.73. The molecule has 2 aromatic carbocycles. The van der Waals surface area contributed by atoms with Gasteiger partial charge >= 0.3 is 0 Å². The van der Waals surface area contributed by atoms with Crippen LogP contribution in [0.25, 0.3) is 11.4 Å². The summed E-state index contributed by atoms with van der Waals surface area (Å²) in [5, 5.41) is 4.93. The molecule has 146 valence electrons. The van der Waals surface area contributed by atoms with Crippen LogP contribution in [0.2, 0.25) is 10.0 Å². The molecule has 28 heavy (non-hydrogen) atoms. The van der Waals surface area contributed by atoms with Gasteiger partial charge in [-0.3, -0.25) is 4.79 Å². The third-order valence-corrected chi connectivity index (χ3v) is 4.73. The molecule has 0 aliphatic carbocycles. The molecule has 6 nitrogen and oxygen atoms in total. The van der Waals surface area contributed by atoms with E-state index in [0.717, 1.165) is 0 Å². The fraction of sp³-hybridized carbons (Fsp3) is 0.250. The van der Waals surface area contributed by atoms with Gasteiger partial charge in [0.15, 0.2) is 6.10 Å². The smallest absolute Gasteiger partial charge is 0.263 e. The number of likely N-dealkylation sites (N-methyl/N-ethyl adjacent to an activating group) is 1. The fourth-order valence-corrected chi connectivity index (χ4v) is 3.00. The zero-order valence-corrected chi connectivity index (χ0v) is 16.9. The number of amides is 1. The van der Waals surface area contributed by atoms with Gasteiger partial charge in [0, 0.05) is 12.6 Å². The summed E-state index contributed by atoms with van der Waals surface area (Å²) in [6, 6.07) is 14.3. The van der Waals surface area contributed by atoms with E-state index < -0.39 is 6.10 Å². The maximum Gasteiger partial charge on any atom is 0.263 e. The van der Waals surface area contributed by atoms with E-state index in [-0.39, 0.29) is 12.5 Å². The van der Waals surface area contributed by atoms with Crippen LogP contribution in [0.15, 0.2) is 53.1 Å². The van der Waals surface area contributed by atoms with Gasteiger partial charge in [0.05, 0.1) is 16.6 Å². The Morgan fingerprint density at radius 3 is 2.50 bits per heavy atom. The zero-order valence-electron chi connectivity index (χ0n) is 15.4. The van der Waals surface area contributed by atoms with Crippen LogP contribution in [0, 0.1) is 0 Å². The summed E-state index contributed by atoms with van der Waals surface area (Å²) in [6.07, 6.45) is -0.181. The summed E-state index contributed by atoms with van der Waals surface area (Å²) in [6.45, 7) is 2.02. The summed E-state index contributed by atoms with van der Waals surface area (Å²) in [7, 11) is 1.65. The van der Waals surface area contributed by atoms with Crippen LogP contribution in [-0.4, -0.2) is 34.1 Å². The SMILES string of the molecule is CCC(Oc1ccccc1Cl)C(=O)N(C)Cc1nc(-c2ccccc2Cl)no1. The minimum atomic E-state index is -0.671. The zero-order chi connectivity index (χ0) is 20.1. The first-order valence-corrected chi connectivity index (χ1v) is 9.48. The summed E-state index contributed by atoms with van der Waals surface area (Å²) in [4.78, 5) is 18.6. The van der Waals surface area contributed by atoms with Crippen molar-refractivity contribution in [3.63, 3.8) is 0 Å². The lowest BCUT2D eigenvalue weighted by atomic mass is 10.2. The van der Waals surface area contributed by atoms with Gasteiger partial charge in [-0.1, -0.05) is 59.5 Å². The van der Waals surface area contributed by atoms with E-state index in [2.05, 4.69) is 10.1 Å². The number of rotatable bonds is 7. The van der Waals surface area contributed by atoms with E-state index in [9.17, 15) is 4.79 Å². The Hall–Kier alpha value is -2.57. The lowest BCUT2D eigenvalue weighted by molar-refractivity contribution is -0.138. The fourth-order valence-electron chi connectivity index (χ4n) is 2.60. The Morgan fingerprint density at radius 1 is 1.14 bits per heavy atom. The van der Waals surface area contributed by atoms with Crippen molar-refractivity contribution in [1.29, 1.82) is 0 Å². The van der Waals surface area contributed by atoms with E-state index in [4.69, 9.17) is 32.5 Å². The third kappa shape index (κ3) is 4.64. The molecule has 0 saturated carbocycles. The largest absolute Gasteiger partial charge is 0.479 e. The number of hydrogen-bond donors (Lipinski definition) is 0. The molecule has 0 radical (unpaired) electrons. The Bertz CT molecular complexity index is 961. The molecule has 0 aliphatic rings. The van der Waals surface area contributed by atoms with E-state index in [1.165, 1.54) is 4.90 Å². The Labute approximate surface area is 173 Å². The molecule has 8 heteroatoms. The number of carbonyl (C=O) groups is 1. The Morgan fingerprint density at radius 2 is 1.82 bits per heavy atom. The predicted octanol–water partition coefficient (Wildman–Crippen LogP) is 4.86. The highest BCUT2D eigenvalue weighted by Crippen LogP contribution is 2.26. The molecule has 1 unspecified atom stereocenters. The third-order valence-electron chi connectivity index (χ3n) is 4.08. The molecule has 1 atom stereocenters. The van der Waals surface area contributed by atoms with Crippen molar-refractivity contribution in [3.05, 3.63) is 64.5 Å². The van der Waals surface area contributed by atoms with Crippen LogP contribution in [0.5, 0.6) is 5.75 Å². The number of aromatic nitrogens is 2. The van der Waals surface area contributed by atoms with E-state index >= 15 is 0 Å². The molecule has 1 heterocycles. The molecular formula is C20H19Cl2N3O3. The summed E-state index contributed by atoms with van der Waals surface area (Å²) in [5.74, 6) is 0.940. The normalized spacial score (nSPS) is 11.9. The molecule has 1 amide bonds. The second-order valence-corrected chi connectivity index (χ2v) is 6.95. The molecule has 1 aromatic heterocycles. The molecule has 0 bridgehead atoms. The summed E-state index contributed by atoms with van der Waals surface area (Å²) < 4.78 is 11.1. The first-order chi connectivity index (χ1) is 13.5. The molecule has 3 aromatic rings. The van der Waals surface area contributed by atoms with Crippen LogP contribution in [0.3, 0.4) is 0 Å². The monoisotopic (exact) mass is 419 g/mol. The molecule has 0 N–H and O–H groups in total. The highest BCUT2D eigenvalue weighted by molar-refractivity contribution is 6.33. The maximum absolute atomic E-state index is 12.8. The van der Waals surface area contributed by atoms with Gasteiger partial charge in [0.2, 0.25) is 11.7 Å². The van der Waals surface area contributed by atoms with Crippen LogP contribution in [0.1, 0.15) is 19.2 Å². The van der Waals surface area contributed by atoms with Crippen molar-refractivity contribution in [2.24, 2.45) is 0 Å². The minimum absolute atomic E-state index is 0.151. The van der Waals surface area contributed by atoms with Crippen molar-refractivity contribution < 1.29 is 14.1 Å². The molecule has 0 aliphatic heterocycles. The predicted molar refractivity (Wildman–Crippen MR) is 107 cm³/mol. The van der Waals surface area contributed by atoms with Crippen LogP contribution in [-0.2, 0) is 11.3 Å². The van der Waals surface area contributed by atoms with E-state index in [1.54, 1.807) is 43.4 Å². The summed E-state index contributed by atoms with van der Waals surface area (Å²) in [5.41, 5.74) is 0.668. The van der Waals surface area contributed by atoms with E-state index in [0.29, 0.717) is 39.5 Å². The lowest BCUT2D eigenvalue weighted by Crippen LogP contribution is -2.39. The number of carbonyl (C=O) groups excluding carboxylic acids is 1. The van der Waals surface area contributed by atoms with Crippen molar-refractivity contribution in [2.75, 3.05) is 7.05 Å². The highest BCUT2D eigenvalue weighted by Gasteiger charge is 2.24. The van der Waals surface area contributed by atoms with Crippen molar-refractivity contribution in [3.8, 4) is 17.1 Å². The number of nitrogens with zero attached hydrogens (tertiary/aromatic N) is 3. The number of ether oxygens (including phenoxy) is 1. The van der Waals surface area contributed by atoms with Gasteiger partial charge in [-0.05, 0) is 30.7 Å². The quantitative estimate of drug-likeness (QED) is 0.546. The average molecular weight is 420 g/mol. The first kappa shape index (κ1) is 20.2. The maximum atomic E-state index is 12.8. The number of halogens is 2. The minimum Gasteiger partial charge on any atom is -0.479 e. The number of para-hydroxylation sites is 1. The summed E-state index contributed by atoms with van der Waals surface area (Å²) >= 11 is 12.3. The lowest BCUT2D eigenvalue weighted by Gasteiger charge is -2.23. The van der Waals surface area contributed by atoms with Crippen LogP contribution in [0.4, 0.5) is 0 Å². The molecular weight excluding hydrogens is 401 g/mol. The Balaban J connectivity index is 1.68. The average Bonchev–Trinajstić information content (AvgIpc) is 3.15. The highest BCUT2D eigenvalue weighted by atomic mass is 35.5. The van der Waals surface area contributed by atoms with Gasteiger partial charge in [-0.15, -0.1) is 0 Å². The number of hydrogen-bond acceptors (Lipinski definition) is 5. The molecule has 0 saturated heterocycles. The van der Waals surface area contributed by atoms with Crippen molar-refractivity contribution in [2.45, 2.75) is 26.0 Å². The van der Waals surface area contributed by atoms with Gasteiger partial charge in [0.25, 0.3) is 5.91 Å². The van der Waals surface area contributed by atoms with E-state index in [1.807, 2.05) is 19.1 Å². The second-order valence-electron chi connectivity index (χ2n) is 6.13. The molecule has 0 spiro atoms. The van der Waals surface area contributed by atoms with Crippen LogP contribution >= 0.6 is 23.2 Å². The molecule has 3 rings (SSSR count). The van der Waals surface area contributed by atoms with Gasteiger partial charge < -0.3 is 14.2 Å². The van der Waals surface area contributed by atoms with Gasteiger partial charge in [-0.2, -0.15) is 4.98 Å².